The van der Waals surface area contributed by atoms with E-state index in [1.807, 2.05) is 4.68 Å². The Balaban J connectivity index is 2.22. The summed E-state index contributed by atoms with van der Waals surface area (Å²) in [6.07, 6.45) is 1.85. The average molecular weight is 371 g/mol. The minimum Gasteiger partial charge on any atom is -0.379 e. The molecule has 2 aromatic rings. The van der Waals surface area contributed by atoms with E-state index < -0.39 is 0 Å². The third kappa shape index (κ3) is 3.61. The number of aryl methyl sites for hydroxylation is 3. The molecule has 1 heterocycles. The minimum absolute atomic E-state index is 0.689. The van der Waals surface area contributed by atoms with Gasteiger partial charge in [-0.05, 0) is 43.5 Å². The van der Waals surface area contributed by atoms with Crippen molar-refractivity contribution in [3.05, 3.63) is 44.6 Å². The SMILES string of the molecule is CCc1cc(Br)ccc1NCc1c(Cl)c(CC)nn1CC. The van der Waals surface area contributed by atoms with Gasteiger partial charge in [-0.2, -0.15) is 5.10 Å². The lowest BCUT2D eigenvalue weighted by molar-refractivity contribution is 0.619. The topological polar surface area (TPSA) is 29.9 Å². The van der Waals surface area contributed by atoms with Gasteiger partial charge in [-0.15, -0.1) is 0 Å². The van der Waals surface area contributed by atoms with Gasteiger partial charge in [0, 0.05) is 16.7 Å². The summed E-state index contributed by atoms with van der Waals surface area (Å²) in [5, 5.41) is 8.84. The summed E-state index contributed by atoms with van der Waals surface area (Å²) in [4.78, 5) is 0. The molecule has 0 radical (unpaired) electrons. The van der Waals surface area contributed by atoms with E-state index in [9.17, 15) is 0 Å². The highest BCUT2D eigenvalue weighted by atomic mass is 79.9. The van der Waals surface area contributed by atoms with Crippen LogP contribution in [0.5, 0.6) is 0 Å². The first-order valence-corrected chi connectivity index (χ1v) is 8.54. The lowest BCUT2D eigenvalue weighted by Gasteiger charge is -2.12. The molecule has 0 aliphatic carbocycles. The van der Waals surface area contributed by atoms with E-state index in [0.717, 1.165) is 46.0 Å². The van der Waals surface area contributed by atoms with Crippen molar-refractivity contribution < 1.29 is 0 Å². The largest absolute Gasteiger partial charge is 0.379 e. The molecule has 0 fully saturated rings. The summed E-state index contributed by atoms with van der Waals surface area (Å²) < 4.78 is 3.09. The number of halogens is 2. The third-order valence-corrected chi connectivity index (χ3v) is 4.52. The molecule has 0 aliphatic rings. The highest BCUT2D eigenvalue weighted by Gasteiger charge is 2.14. The van der Waals surface area contributed by atoms with Crippen molar-refractivity contribution in [1.29, 1.82) is 0 Å². The number of rotatable bonds is 6. The van der Waals surface area contributed by atoms with Gasteiger partial charge in [-0.25, -0.2) is 0 Å². The van der Waals surface area contributed by atoms with E-state index in [4.69, 9.17) is 11.6 Å². The lowest BCUT2D eigenvalue weighted by atomic mass is 10.1. The predicted octanol–water partition coefficient (Wildman–Crippen LogP) is 5.06. The Kier molecular flexibility index (Phi) is 5.71. The molecular weight excluding hydrogens is 350 g/mol. The van der Waals surface area contributed by atoms with Crippen molar-refractivity contribution in [2.45, 2.75) is 46.7 Å². The fourth-order valence-corrected chi connectivity index (χ4v) is 3.14. The Morgan fingerprint density at radius 1 is 1.24 bits per heavy atom. The van der Waals surface area contributed by atoms with Gasteiger partial charge in [0.15, 0.2) is 0 Å². The highest BCUT2D eigenvalue weighted by Crippen LogP contribution is 2.25. The summed E-state index contributed by atoms with van der Waals surface area (Å²) in [5.41, 5.74) is 4.47. The summed E-state index contributed by atoms with van der Waals surface area (Å²) >= 11 is 9.96. The van der Waals surface area contributed by atoms with Gasteiger partial charge in [-0.1, -0.05) is 41.4 Å². The molecular formula is C16H21BrClN3. The quantitative estimate of drug-likeness (QED) is 0.770. The normalized spacial score (nSPS) is 10.9. The Morgan fingerprint density at radius 2 is 2.00 bits per heavy atom. The number of aromatic nitrogens is 2. The number of benzene rings is 1. The second kappa shape index (κ2) is 7.32. The van der Waals surface area contributed by atoms with Crippen LogP contribution in [0.4, 0.5) is 5.69 Å². The summed E-state index contributed by atoms with van der Waals surface area (Å²) in [5.74, 6) is 0. The maximum Gasteiger partial charge on any atom is 0.0868 e. The lowest BCUT2D eigenvalue weighted by Crippen LogP contribution is -2.09. The number of nitrogens with one attached hydrogen (secondary N) is 1. The Hall–Kier alpha value is -1.00. The van der Waals surface area contributed by atoms with Crippen molar-refractivity contribution in [3.8, 4) is 0 Å². The number of nitrogens with zero attached hydrogens (tertiary/aromatic N) is 2. The van der Waals surface area contributed by atoms with E-state index in [1.165, 1.54) is 5.56 Å². The van der Waals surface area contributed by atoms with Crippen LogP contribution in [0.1, 0.15) is 37.7 Å². The molecule has 0 aliphatic heterocycles. The molecule has 1 aromatic heterocycles. The molecule has 0 atom stereocenters. The number of anilines is 1. The van der Waals surface area contributed by atoms with Crippen LogP contribution >= 0.6 is 27.5 Å². The van der Waals surface area contributed by atoms with E-state index in [1.54, 1.807) is 0 Å². The van der Waals surface area contributed by atoms with Crippen LogP contribution in [0.2, 0.25) is 5.02 Å². The molecule has 2 rings (SSSR count). The maximum atomic E-state index is 6.44. The Labute approximate surface area is 139 Å². The van der Waals surface area contributed by atoms with E-state index in [0.29, 0.717) is 6.54 Å². The summed E-state index contributed by atoms with van der Waals surface area (Å²) in [6.45, 7) is 7.84. The second-order valence-corrected chi connectivity index (χ2v) is 6.18. The van der Waals surface area contributed by atoms with Gasteiger partial charge in [0.25, 0.3) is 0 Å². The summed E-state index contributed by atoms with van der Waals surface area (Å²) in [6, 6.07) is 6.31. The standard InChI is InChI=1S/C16H21BrClN3/c1-4-11-9-12(17)7-8-14(11)19-10-15-16(18)13(5-2)20-21(15)6-3/h7-9,19H,4-6,10H2,1-3H3. The van der Waals surface area contributed by atoms with E-state index in [-0.39, 0.29) is 0 Å². The zero-order chi connectivity index (χ0) is 15.4. The maximum absolute atomic E-state index is 6.44. The van der Waals surface area contributed by atoms with Crippen LogP contribution in [0.15, 0.2) is 22.7 Å². The van der Waals surface area contributed by atoms with Crippen LogP contribution in [0, 0.1) is 0 Å². The van der Waals surface area contributed by atoms with Crippen LogP contribution in [0.3, 0.4) is 0 Å². The first-order valence-electron chi connectivity index (χ1n) is 7.36. The Morgan fingerprint density at radius 3 is 2.62 bits per heavy atom. The van der Waals surface area contributed by atoms with Crippen LogP contribution in [0.25, 0.3) is 0 Å². The molecule has 0 unspecified atom stereocenters. The molecule has 0 bridgehead atoms. The fourth-order valence-electron chi connectivity index (χ4n) is 2.39. The van der Waals surface area contributed by atoms with Gasteiger partial charge in [0.2, 0.25) is 0 Å². The zero-order valence-electron chi connectivity index (χ0n) is 12.7. The predicted molar refractivity (Wildman–Crippen MR) is 93.1 cm³/mol. The van der Waals surface area contributed by atoms with Crippen LogP contribution in [-0.2, 0) is 25.9 Å². The molecule has 21 heavy (non-hydrogen) atoms. The van der Waals surface area contributed by atoms with Crippen molar-refractivity contribution in [2.24, 2.45) is 0 Å². The van der Waals surface area contributed by atoms with Crippen LogP contribution < -0.4 is 5.32 Å². The molecule has 0 amide bonds. The van der Waals surface area contributed by atoms with Crippen LogP contribution in [-0.4, -0.2) is 9.78 Å². The highest BCUT2D eigenvalue weighted by molar-refractivity contribution is 9.10. The van der Waals surface area contributed by atoms with Crippen molar-refractivity contribution in [3.63, 3.8) is 0 Å². The summed E-state index contributed by atoms with van der Waals surface area (Å²) in [7, 11) is 0. The van der Waals surface area contributed by atoms with Crippen molar-refractivity contribution >= 4 is 33.2 Å². The first-order chi connectivity index (χ1) is 10.1. The van der Waals surface area contributed by atoms with Gasteiger partial charge in [0.1, 0.15) is 0 Å². The molecule has 1 N–H and O–H groups in total. The molecule has 0 saturated carbocycles. The molecule has 114 valence electrons. The molecule has 5 heteroatoms. The number of hydrogen-bond acceptors (Lipinski definition) is 2. The van der Waals surface area contributed by atoms with Crippen molar-refractivity contribution in [1.82, 2.24) is 9.78 Å². The minimum atomic E-state index is 0.689. The monoisotopic (exact) mass is 369 g/mol. The third-order valence-electron chi connectivity index (χ3n) is 3.59. The van der Waals surface area contributed by atoms with Gasteiger partial charge < -0.3 is 5.32 Å². The molecule has 1 aromatic carbocycles. The number of hydrogen-bond donors (Lipinski definition) is 1. The van der Waals surface area contributed by atoms with E-state index >= 15 is 0 Å². The zero-order valence-corrected chi connectivity index (χ0v) is 15.1. The van der Waals surface area contributed by atoms with E-state index in [2.05, 4.69) is 65.3 Å². The van der Waals surface area contributed by atoms with Crippen molar-refractivity contribution in [2.75, 3.05) is 5.32 Å². The van der Waals surface area contributed by atoms with Gasteiger partial charge in [-0.3, -0.25) is 4.68 Å². The fraction of sp³-hybridized carbons (Fsp3) is 0.438. The molecule has 3 nitrogen and oxygen atoms in total. The molecule has 0 spiro atoms. The smallest absolute Gasteiger partial charge is 0.0868 e. The first kappa shape index (κ1) is 16.4. The second-order valence-electron chi connectivity index (χ2n) is 4.89. The molecule has 0 saturated heterocycles. The van der Waals surface area contributed by atoms with Gasteiger partial charge in [0.05, 0.1) is 23.0 Å². The average Bonchev–Trinajstić information content (AvgIpc) is 2.81. The van der Waals surface area contributed by atoms with Gasteiger partial charge >= 0.3 is 0 Å². The Bertz CT molecular complexity index is 622.